The van der Waals surface area contributed by atoms with Crippen LogP contribution in [0.4, 0.5) is 5.69 Å². The summed E-state index contributed by atoms with van der Waals surface area (Å²) in [5.74, 6) is 0.00418. The first kappa shape index (κ1) is 25.1. The highest BCUT2D eigenvalue weighted by molar-refractivity contribution is 7.92. The minimum Gasteiger partial charge on any atom is -0.495 e. The van der Waals surface area contributed by atoms with Crippen molar-refractivity contribution in [2.75, 3.05) is 31.1 Å². The molecule has 1 fully saturated rings. The van der Waals surface area contributed by atoms with Crippen molar-refractivity contribution in [1.29, 1.82) is 0 Å². The van der Waals surface area contributed by atoms with Gasteiger partial charge in [-0.3, -0.25) is 9.10 Å². The van der Waals surface area contributed by atoms with Gasteiger partial charge in [-0.2, -0.15) is 0 Å². The van der Waals surface area contributed by atoms with E-state index in [1.807, 2.05) is 13.0 Å². The highest BCUT2D eigenvalue weighted by Gasteiger charge is 2.29. The minimum absolute atomic E-state index is 0.113. The Kier molecular flexibility index (Phi) is 9.14. The Bertz CT molecular complexity index is 1000. The van der Waals surface area contributed by atoms with Gasteiger partial charge in [0.05, 0.1) is 23.8 Å². The molecule has 0 unspecified atom stereocenters. The summed E-state index contributed by atoms with van der Waals surface area (Å²) in [7, 11) is -2.50. The van der Waals surface area contributed by atoms with E-state index < -0.39 is 10.0 Å². The summed E-state index contributed by atoms with van der Waals surface area (Å²) in [5, 5.41) is 2.83. The average molecular weight is 475 g/mol. The van der Waals surface area contributed by atoms with Crippen molar-refractivity contribution >= 4 is 21.6 Å². The molecule has 1 N–H and O–H groups in total. The lowest BCUT2D eigenvalue weighted by Crippen LogP contribution is -2.41. The molecule has 3 rings (SSSR count). The quantitative estimate of drug-likeness (QED) is 0.497. The second-order valence-corrected chi connectivity index (χ2v) is 10.2. The van der Waals surface area contributed by atoms with Gasteiger partial charge in [0, 0.05) is 13.2 Å². The number of carbonyl (C=O) groups excluding carboxylic acids is 1. The largest absolute Gasteiger partial charge is 0.495 e. The maximum atomic E-state index is 13.5. The van der Waals surface area contributed by atoms with Crippen LogP contribution >= 0.6 is 0 Å². The third-order valence-corrected chi connectivity index (χ3v) is 7.54. The van der Waals surface area contributed by atoms with Gasteiger partial charge < -0.3 is 14.8 Å². The minimum atomic E-state index is -3.98. The van der Waals surface area contributed by atoms with Gasteiger partial charge in [-0.1, -0.05) is 43.5 Å². The Morgan fingerprint density at radius 2 is 1.82 bits per heavy atom. The molecule has 7 nitrogen and oxygen atoms in total. The van der Waals surface area contributed by atoms with Crippen LogP contribution < -0.4 is 14.4 Å². The molecule has 33 heavy (non-hydrogen) atoms. The maximum absolute atomic E-state index is 13.5. The number of ether oxygens (including phenoxy) is 2. The van der Waals surface area contributed by atoms with E-state index in [4.69, 9.17) is 9.47 Å². The van der Waals surface area contributed by atoms with E-state index in [-0.39, 0.29) is 17.3 Å². The Morgan fingerprint density at radius 3 is 2.52 bits per heavy atom. The Hall–Kier alpha value is -2.58. The fraction of sp³-hybridized carbons (Fsp3) is 0.480. The summed E-state index contributed by atoms with van der Waals surface area (Å²) in [6, 6.07) is 13.4. The van der Waals surface area contributed by atoms with Gasteiger partial charge in [0.2, 0.25) is 5.91 Å². The summed E-state index contributed by atoms with van der Waals surface area (Å²) >= 11 is 0. The van der Waals surface area contributed by atoms with Crippen LogP contribution in [-0.2, 0) is 19.6 Å². The maximum Gasteiger partial charge on any atom is 0.264 e. The molecule has 2 aromatic carbocycles. The van der Waals surface area contributed by atoms with Crippen molar-refractivity contribution in [3.8, 4) is 5.75 Å². The van der Waals surface area contributed by atoms with Crippen molar-refractivity contribution in [2.45, 2.75) is 56.4 Å². The molecule has 2 aromatic rings. The van der Waals surface area contributed by atoms with Crippen molar-refractivity contribution in [2.24, 2.45) is 0 Å². The van der Waals surface area contributed by atoms with E-state index in [2.05, 4.69) is 5.32 Å². The molecule has 1 saturated carbocycles. The number of nitrogens with zero attached hydrogens (tertiary/aromatic N) is 1. The molecule has 1 aliphatic rings. The zero-order chi connectivity index (χ0) is 23.7. The normalized spacial score (nSPS) is 14.6. The summed E-state index contributed by atoms with van der Waals surface area (Å²) in [5.41, 5.74) is 1.19. The molecule has 0 bridgehead atoms. The van der Waals surface area contributed by atoms with Gasteiger partial charge in [0.25, 0.3) is 10.0 Å². The smallest absolute Gasteiger partial charge is 0.264 e. The number of amides is 1. The van der Waals surface area contributed by atoms with Crippen LogP contribution in [0.25, 0.3) is 0 Å². The predicted octanol–water partition coefficient (Wildman–Crippen LogP) is 4.05. The Balaban J connectivity index is 1.68. The average Bonchev–Trinajstić information content (AvgIpc) is 2.83. The number of hydrogen-bond donors (Lipinski definition) is 1. The van der Waals surface area contributed by atoms with Crippen LogP contribution in [-0.4, -0.2) is 47.2 Å². The zero-order valence-electron chi connectivity index (χ0n) is 19.5. The van der Waals surface area contributed by atoms with Crippen LogP contribution in [0.2, 0.25) is 0 Å². The highest BCUT2D eigenvalue weighted by atomic mass is 32.2. The van der Waals surface area contributed by atoms with Gasteiger partial charge in [-0.15, -0.1) is 0 Å². The van der Waals surface area contributed by atoms with Crippen LogP contribution in [0.1, 0.15) is 44.1 Å². The summed E-state index contributed by atoms with van der Waals surface area (Å²) in [6.07, 6.45) is 6.94. The zero-order valence-corrected chi connectivity index (χ0v) is 20.3. The lowest BCUT2D eigenvalue weighted by molar-refractivity contribution is -0.119. The Labute approximate surface area is 197 Å². The summed E-state index contributed by atoms with van der Waals surface area (Å²) < 4.78 is 39.4. The van der Waals surface area contributed by atoms with Gasteiger partial charge >= 0.3 is 0 Å². The second-order valence-electron chi connectivity index (χ2n) is 8.33. The molecule has 0 spiro atoms. The van der Waals surface area contributed by atoms with E-state index in [0.717, 1.165) is 22.7 Å². The molecule has 1 amide bonds. The molecule has 0 atom stereocenters. The number of aryl methyl sites for hydroxylation is 1. The van der Waals surface area contributed by atoms with Gasteiger partial charge in [0.1, 0.15) is 12.3 Å². The first-order chi connectivity index (χ1) is 15.9. The molecular formula is C25H34N2O5S. The SMILES string of the molecule is COc1ccc(C)cc1N(CC(=O)NCCCOC1CCCCC1)S(=O)(=O)c1ccccc1. The highest BCUT2D eigenvalue weighted by Crippen LogP contribution is 2.33. The van der Waals surface area contributed by atoms with Crippen LogP contribution in [0.3, 0.4) is 0 Å². The first-order valence-electron chi connectivity index (χ1n) is 11.5. The molecule has 0 heterocycles. The van der Waals surface area contributed by atoms with Crippen LogP contribution in [0, 0.1) is 6.92 Å². The molecule has 0 aromatic heterocycles. The summed E-state index contributed by atoms with van der Waals surface area (Å²) in [6.45, 7) is 2.53. The number of benzene rings is 2. The number of methoxy groups -OCH3 is 1. The van der Waals surface area contributed by atoms with Crippen LogP contribution in [0.5, 0.6) is 5.75 Å². The van der Waals surface area contributed by atoms with Crippen molar-refractivity contribution < 1.29 is 22.7 Å². The molecule has 1 aliphatic carbocycles. The fourth-order valence-corrected chi connectivity index (χ4v) is 5.43. The van der Waals surface area contributed by atoms with Crippen molar-refractivity contribution in [3.63, 3.8) is 0 Å². The molecule has 8 heteroatoms. The number of rotatable bonds is 11. The first-order valence-corrected chi connectivity index (χ1v) is 13.0. The number of sulfonamides is 1. The molecule has 180 valence electrons. The molecule has 0 radical (unpaired) electrons. The lowest BCUT2D eigenvalue weighted by Gasteiger charge is -2.26. The number of carbonyl (C=O) groups is 1. The number of anilines is 1. The van der Waals surface area contributed by atoms with Crippen LogP contribution in [0.15, 0.2) is 53.4 Å². The van der Waals surface area contributed by atoms with Gasteiger partial charge in [0.15, 0.2) is 0 Å². The molecule has 0 saturated heterocycles. The third kappa shape index (κ3) is 6.95. The topological polar surface area (TPSA) is 84.9 Å². The van der Waals surface area contributed by atoms with Gasteiger partial charge in [-0.25, -0.2) is 8.42 Å². The third-order valence-electron chi connectivity index (χ3n) is 5.77. The van der Waals surface area contributed by atoms with E-state index >= 15 is 0 Å². The molecular weight excluding hydrogens is 440 g/mol. The number of nitrogens with one attached hydrogen (secondary N) is 1. The monoisotopic (exact) mass is 474 g/mol. The van der Waals surface area contributed by atoms with Crippen molar-refractivity contribution in [1.82, 2.24) is 5.32 Å². The Morgan fingerprint density at radius 1 is 1.09 bits per heavy atom. The van der Waals surface area contributed by atoms with E-state index in [1.54, 1.807) is 30.3 Å². The van der Waals surface area contributed by atoms with E-state index in [9.17, 15) is 13.2 Å². The molecule has 0 aliphatic heterocycles. The standard InChI is InChI=1S/C25H34N2O5S/c1-20-14-15-24(31-2)23(18-20)27(33(29,30)22-12-7-4-8-13-22)19-25(28)26-16-9-17-32-21-10-5-3-6-11-21/h4,7-8,12-15,18,21H,3,5-6,9-11,16-17,19H2,1-2H3,(H,26,28). The van der Waals surface area contributed by atoms with E-state index in [1.165, 1.54) is 38.5 Å². The summed E-state index contributed by atoms with van der Waals surface area (Å²) in [4.78, 5) is 12.9. The van der Waals surface area contributed by atoms with Crippen molar-refractivity contribution in [3.05, 3.63) is 54.1 Å². The van der Waals surface area contributed by atoms with Gasteiger partial charge in [-0.05, 0) is 56.0 Å². The second kappa shape index (κ2) is 12.0. The predicted molar refractivity (Wildman–Crippen MR) is 129 cm³/mol. The lowest BCUT2D eigenvalue weighted by atomic mass is 9.98. The van der Waals surface area contributed by atoms with E-state index in [0.29, 0.717) is 37.1 Å². The fourth-order valence-electron chi connectivity index (χ4n) is 3.98. The number of hydrogen-bond acceptors (Lipinski definition) is 5.